The molecule has 1 aliphatic heterocycles. The molecule has 1 fully saturated rings. The molecular formula is C10H12F3N. The van der Waals surface area contributed by atoms with Crippen LogP contribution in [-0.4, -0.2) is 19.3 Å². The number of rotatable bonds is 0. The van der Waals surface area contributed by atoms with Crippen molar-refractivity contribution in [2.75, 3.05) is 13.1 Å². The van der Waals surface area contributed by atoms with Crippen molar-refractivity contribution < 1.29 is 13.2 Å². The lowest BCUT2D eigenvalue weighted by atomic mass is 9.81. The molecule has 1 heterocycles. The van der Waals surface area contributed by atoms with Gasteiger partial charge in [0.2, 0.25) is 0 Å². The van der Waals surface area contributed by atoms with Gasteiger partial charge < -0.3 is 5.32 Å². The maximum Gasteiger partial charge on any atom is 0.416 e. The van der Waals surface area contributed by atoms with Crippen molar-refractivity contribution in [3.05, 3.63) is 23.8 Å². The maximum atomic E-state index is 12.4. The zero-order valence-electron chi connectivity index (χ0n) is 7.64. The standard InChI is InChI=1S/C10H12F3N/c11-10(12,13)9-2-1-7-3-4-14-6-8(7)5-9/h1-2,5,7-8,14H,3-4,6H2. The molecule has 2 rings (SSSR count). The molecule has 2 unspecified atom stereocenters. The van der Waals surface area contributed by atoms with E-state index in [1.807, 2.05) is 0 Å². The van der Waals surface area contributed by atoms with Crippen molar-refractivity contribution in [2.45, 2.75) is 12.6 Å². The van der Waals surface area contributed by atoms with Gasteiger partial charge in [-0.2, -0.15) is 13.2 Å². The van der Waals surface area contributed by atoms with Crippen LogP contribution in [0.3, 0.4) is 0 Å². The van der Waals surface area contributed by atoms with Crippen LogP contribution in [0.2, 0.25) is 0 Å². The number of hydrogen-bond acceptors (Lipinski definition) is 1. The van der Waals surface area contributed by atoms with E-state index in [1.165, 1.54) is 12.2 Å². The Morgan fingerprint density at radius 3 is 2.79 bits per heavy atom. The van der Waals surface area contributed by atoms with Crippen LogP contribution in [0.25, 0.3) is 0 Å². The monoisotopic (exact) mass is 203 g/mol. The van der Waals surface area contributed by atoms with Crippen molar-refractivity contribution in [1.29, 1.82) is 0 Å². The smallest absolute Gasteiger partial charge is 0.316 e. The predicted octanol–water partition coefficient (Wildman–Crippen LogP) is 2.27. The van der Waals surface area contributed by atoms with Gasteiger partial charge in [0.1, 0.15) is 0 Å². The number of hydrogen-bond donors (Lipinski definition) is 1. The van der Waals surface area contributed by atoms with Crippen molar-refractivity contribution in [3.63, 3.8) is 0 Å². The van der Waals surface area contributed by atoms with Crippen molar-refractivity contribution >= 4 is 0 Å². The third kappa shape index (κ3) is 1.85. The van der Waals surface area contributed by atoms with Gasteiger partial charge in [-0.15, -0.1) is 0 Å². The summed E-state index contributed by atoms with van der Waals surface area (Å²) in [5.41, 5.74) is -0.498. The highest BCUT2D eigenvalue weighted by atomic mass is 19.4. The quantitative estimate of drug-likeness (QED) is 0.636. The third-order valence-electron chi connectivity index (χ3n) is 2.83. The van der Waals surface area contributed by atoms with Gasteiger partial charge in [0.25, 0.3) is 0 Å². The van der Waals surface area contributed by atoms with E-state index in [4.69, 9.17) is 0 Å². The molecule has 1 aliphatic carbocycles. The number of halogens is 3. The van der Waals surface area contributed by atoms with E-state index < -0.39 is 11.7 Å². The topological polar surface area (TPSA) is 12.0 Å². The molecule has 0 amide bonds. The molecule has 0 aromatic heterocycles. The number of fused-ring (bicyclic) bond motifs is 1. The van der Waals surface area contributed by atoms with Crippen molar-refractivity contribution in [2.24, 2.45) is 11.8 Å². The lowest BCUT2D eigenvalue weighted by Gasteiger charge is -2.31. The van der Waals surface area contributed by atoms with Gasteiger partial charge in [-0.05, 0) is 24.8 Å². The highest BCUT2D eigenvalue weighted by molar-refractivity contribution is 5.30. The fraction of sp³-hybridized carbons (Fsp3) is 0.600. The summed E-state index contributed by atoms with van der Waals surface area (Å²) in [5, 5.41) is 3.11. The number of piperidine rings is 1. The minimum atomic E-state index is -4.20. The average Bonchev–Trinajstić information content (AvgIpc) is 2.16. The molecule has 2 atom stereocenters. The van der Waals surface area contributed by atoms with Crippen molar-refractivity contribution in [3.8, 4) is 0 Å². The minimum absolute atomic E-state index is 0.0189. The lowest BCUT2D eigenvalue weighted by molar-refractivity contribution is -0.0891. The van der Waals surface area contributed by atoms with Crippen LogP contribution in [0.5, 0.6) is 0 Å². The molecule has 14 heavy (non-hydrogen) atoms. The third-order valence-corrected chi connectivity index (χ3v) is 2.83. The van der Waals surface area contributed by atoms with Crippen LogP contribution < -0.4 is 5.32 Å². The van der Waals surface area contributed by atoms with E-state index in [9.17, 15) is 13.2 Å². The van der Waals surface area contributed by atoms with Crippen LogP contribution >= 0.6 is 0 Å². The molecule has 1 nitrogen and oxygen atoms in total. The van der Waals surface area contributed by atoms with Gasteiger partial charge in [0.05, 0.1) is 5.57 Å². The normalized spacial score (nSPS) is 32.4. The second-order valence-electron chi connectivity index (χ2n) is 3.80. The molecule has 78 valence electrons. The first-order valence-corrected chi connectivity index (χ1v) is 4.75. The van der Waals surface area contributed by atoms with E-state index in [2.05, 4.69) is 5.32 Å². The Bertz CT molecular complexity index is 278. The van der Waals surface area contributed by atoms with Crippen LogP contribution in [0.1, 0.15) is 6.42 Å². The first kappa shape index (κ1) is 9.77. The van der Waals surface area contributed by atoms with Crippen LogP contribution in [-0.2, 0) is 0 Å². The highest BCUT2D eigenvalue weighted by Gasteiger charge is 2.35. The Morgan fingerprint density at radius 2 is 2.07 bits per heavy atom. The van der Waals surface area contributed by atoms with Crippen LogP contribution in [0.4, 0.5) is 13.2 Å². The van der Waals surface area contributed by atoms with Gasteiger partial charge in [0.15, 0.2) is 0 Å². The van der Waals surface area contributed by atoms with E-state index >= 15 is 0 Å². The predicted molar refractivity (Wildman–Crippen MR) is 47.7 cm³/mol. The summed E-state index contributed by atoms with van der Waals surface area (Å²) in [4.78, 5) is 0. The fourth-order valence-corrected chi connectivity index (χ4v) is 2.03. The van der Waals surface area contributed by atoms with E-state index in [-0.39, 0.29) is 5.92 Å². The Morgan fingerprint density at radius 1 is 1.29 bits per heavy atom. The minimum Gasteiger partial charge on any atom is -0.316 e. The average molecular weight is 203 g/mol. The molecule has 0 aromatic carbocycles. The summed E-state index contributed by atoms with van der Waals surface area (Å²) in [6.45, 7) is 1.56. The fourth-order valence-electron chi connectivity index (χ4n) is 2.03. The SMILES string of the molecule is FC(F)(F)C1=CC2CNCCC2C=C1. The number of nitrogens with one attached hydrogen (secondary N) is 1. The molecule has 1 N–H and O–H groups in total. The zero-order chi connectivity index (χ0) is 10.2. The highest BCUT2D eigenvalue weighted by Crippen LogP contribution is 2.35. The molecule has 1 saturated heterocycles. The zero-order valence-corrected chi connectivity index (χ0v) is 7.64. The molecule has 4 heteroatoms. The van der Waals surface area contributed by atoms with Crippen molar-refractivity contribution in [1.82, 2.24) is 5.32 Å². The molecule has 2 aliphatic rings. The number of alkyl halides is 3. The summed E-state index contributed by atoms with van der Waals surface area (Å²) in [5.74, 6) is 0.313. The Balaban J connectivity index is 2.16. The lowest BCUT2D eigenvalue weighted by Crippen LogP contribution is -2.36. The Hall–Kier alpha value is -0.770. The first-order valence-electron chi connectivity index (χ1n) is 4.75. The largest absolute Gasteiger partial charge is 0.416 e. The second-order valence-corrected chi connectivity index (χ2v) is 3.80. The molecule has 0 aromatic rings. The van der Waals surface area contributed by atoms with Crippen LogP contribution in [0.15, 0.2) is 23.8 Å². The van der Waals surface area contributed by atoms with Crippen LogP contribution in [0, 0.1) is 11.8 Å². The van der Waals surface area contributed by atoms with Gasteiger partial charge in [0, 0.05) is 6.54 Å². The van der Waals surface area contributed by atoms with E-state index in [0.29, 0.717) is 12.5 Å². The molecule has 0 radical (unpaired) electrons. The summed E-state index contributed by atoms with van der Waals surface area (Å²) < 4.78 is 37.1. The van der Waals surface area contributed by atoms with Gasteiger partial charge >= 0.3 is 6.18 Å². The summed E-state index contributed by atoms with van der Waals surface area (Å²) in [7, 11) is 0. The summed E-state index contributed by atoms with van der Waals surface area (Å²) >= 11 is 0. The second kappa shape index (κ2) is 3.42. The molecular weight excluding hydrogens is 191 g/mol. The van der Waals surface area contributed by atoms with Gasteiger partial charge in [-0.3, -0.25) is 0 Å². The van der Waals surface area contributed by atoms with Gasteiger partial charge in [-0.25, -0.2) is 0 Å². The Kier molecular flexibility index (Phi) is 2.39. The van der Waals surface area contributed by atoms with E-state index in [1.54, 1.807) is 6.08 Å². The summed E-state index contributed by atoms with van der Waals surface area (Å²) in [6, 6.07) is 0. The molecule has 0 spiro atoms. The number of allylic oxidation sites excluding steroid dienone is 3. The summed E-state index contributed by atoms with van der Waals surface area (Å²) in [6.07, 6.45) is 1.01. The first-order chi connectivity index (χ1) is 6.57. The van der Waals surface area contributed by atoms with Gasteiger partial charge in [-0.1, -0.05) is 18.2 Å². The molecule has 0 bridgehead atoms. The maximum absolute atomic E-state index is 12.4. The Labute approximate surface area is 80.7 Å². The molecule has 0 saturated carbocycles. The van der Waals surface area contributed by atoms with E-state index in [0.717, 1.165) is 13.0 Å².